The first-order valence-corrected chi connectivity index (χ1v) is 10.4. The Bertz CT molecular complexity index is 1160. The molecular weight excluding hydrogens is 420 g/mol. The van der Waals surface area contributed by atoms with Crippen LogP contribution in [0.5, 0.6) is 17.2 Å². The average molecular weight is 444 g/mol. The molecule has 0 saturated heterocycles. The summed E-state index contributed by atoms with van der Waals surface area (Å²) in [6, 6.07) is 20.8. The van der Waals surface area contributed by atoms with Gasteiger partial charge >= 0.3 is 0 Å². The van der Waals surface area contributed by atoms with Crippen LogP contribution in [0.4, 0.5) is 5.69 Å². The maximum Gasteiger partial charge on any atom is 0.251 e. The van der Waals surface area contributed by atoms with E-state index in [1.165, 1.54) is 11.0 Å². The van der Waals surface area contributed by atoms with Crippen molar-refractivity contribution in [2.45, 2.75) is 6.04 Å². The number of methoxy groups -OCH3 is 1. The molecule has 0 spiro atoms. The van der Waals surface area contributed by atoms with E-state index in [1.807, 2.05) is 36.4 Å². The summed E-state index contributed by atoms with van der Waals surface area (Å²) in [6.07, 6.45) is 3.12. The molecule has 7 heteroatoms. The van der Waals surface area contributed by atoms with Crippen molar-refractivity contribution >= 4 is 23.6 Å². The number of rotatable bonds is 7. The minimum Gasteiger partial charge on any atom is -0.497 e. The van der Waals surface area contributed by atoms with Gasteiger partial charge in [0.25, 0.3) is 5.91 Å². The Morgan fingerprint density at radius 3 is 2.45 bits per heavy atom. The van der Waals surface area contributed by atoms with Crippen LogP contribution in [-0.4, -0.2) is 37.7 Å². The lowest BCUT2D eigenvalue weighted by atomic mass is 10.0. The van der Waals surface area contributed by atoms with Crippen molar-refractivity contribution < 1.29 is 23.8 Å². The largest absolute Gasteiger partial charge is 0.497 e. The zero-order chi connectivity index (χ0) is 23.2. The van der Waals surface area contributed by atoms with Crippen molar-refractivity contribution in [2.24, 2.45) is 0 Å². The zero-order valence-electron chi connectivity index (χ0n) is 18.4. The molecule has 1 atom stereocenters. The van der Waals surface area contributed by atoms with E-state index < -0.39 is 6.04 Å². The van der Waals surface area contributed by atoms with Gasteiger partial charge in [0.2, 0.25) is 12.7 Å². The summed E-state index contributed by atoms with van der Waals surface area (Å²) in [5.41, 5.74) is 2.11. The molecule has 0 saturated carbocycles. The number of carbonyl (C=O) groups is 2. The molecule has 0 aromatic heterocycles. The van der Waals surface area contributed by atoms with Crippen LogP contribution in [0.2, 0.25) is 0 Å². The number of benzene rings is 3. The Hall–Kier alpha value is -4.26. The molecule has 1 heterocycles. The molecule has 168 valence electrons. The number of carbonyl (C=O) groups excluding carboxylic acids is 2. The number of amides is 2. The van der Waals surface area contributed by atoms with Gasteiger partial charge in [-0.15, -0.1) is 0 Å². The smallest absolute Gasteiger partial charge is 0.251 e. The Balaban J connectivity index is 1.53. The minimum absolute atomic E-state index is 0.187. The van der Waals surface area contributed by atoms with Crippen molar-refractivity contribution in [3.05, 3.63) is 90.0 Å². The van der Waals surface area contributed by atoms with Crippen LogP contribution < -0.4 is 19.5 Å². The highest BCUT2D eigenvalue weighted by Crippen LogP contribution is 2.33. The average Bonchev–Trinajstić information content (AvgIpc) is 3.32. The highest BCUT2D eigenvalue weighted by Gasteiger charge is 2.27. The molecule has 1 aliphatic heterocycles. The van der Waals surface area contributed by atoms with Crippen LogP contribution in [0.25, 0.3) is 6.08 Å². The second kappa shape index (κ2) is 9.91. The number of hydrogen-bond acceptors (Lipinski definition) is 5. The van der Waals surface area contributed by atoms with Crippen LogP contribution in [-0.2, 0) is 9.59 Å². The number of ether oxygens (including phenoxy) is 3. The first-order chi connectivity index (χ1) is 16.0. The van der Waals surface area contributed by atoms with Gasteiger partial charge in [-0.2, -0.15) is 0 Å². The Morgan fingerprint density at radius 2 is 1.73 bits per heavy atom. The van der Waals surface area contributed by atoms with Gasteiger partial charge < -0.3 is 24.4 Å². The third-order valence-corrected chi connectivity index (χ3v) is 5.27. The van der Waals surface area contributed by atoms with E-state index in [9.17, 15) is 9.59 Å². The van der Waals surface area contributed by atoms with E-state index in [-0.39, 0.29) is 18.6 Å². The molecule has 1 aliphatic rings. The number of fused-ring (bicyclic) bond motifs is 1. The summed E-state index contributed by atoms with van der Waals surface area (Å²) in [5, 5.41) is 2.89. The van der Waals surface area contributed by atoms with Gasteiger partial charge in [-0.3, -0.25) is 9.59 Å². The monoisotopic (exact) mass is 444 g/mol. The summed E-state index contributed by atoms with van der Waals surface area (Å²) in [4.78, 5) is 27.6. The lowest BCUT2D eigenvalue weighted by Gasteiger charge is -2.27. The first kappa shape index (κ1) is 22.0. The van der Waals surface area contributed by atoms with E-state index in [0.29, 0.717) is 28.5 Å². The second-order valence-electron chi connectivity index (χ2n) is 7.43. The van der Waals surface area contributed by atoms with E-state index in [2.05, 4.69) is 5.32 Å². The molecule has 3 aromatic rings. The van der Waals surface area contributed by atoms with Crippen LogP contribution in [0.1, 0.15) is 17.2 Å². The third-order valence-electron chi connectivity index (χ3n) is 5.27. The maximum absolute atomic E-state index is 13.2. The molecule has 33 heavy (non-hydrogen) atoms. The summed E-state index contributed by atoms with van der Waals surface area (Å²) in [5.74, 6) is 1.37. The van der Waals surface area contributed by atoms with Crippen LogP contribution in [0.15, 0.2) is 78.9 Å². The van der Waals surface area contributed by atoms with Crippen molar-refractivity contribution in [1.82, 2.24) is 4.90 Å². The molecule has 7 nitrogen and oxygen atoms in total. The normalized spacial score (nSPS) is 12.9. The molecular formula is C26H24N2O5. The lowest BCUT2D eigenvalue weighted by molar-refractivity contribution is -0.133. The summed E-state index contributed by atoms with van der Waals surface area (Å²) >= 11 is 0. The maximum atomic E-state index is 13.2. The van der Waals surface area contributed by atoms with Crippen LogP contribution in [0.3, 0.4) is 0 Å². The number of nitrogens with one attached hydrogen (secondary N) is 1. The predicted molar refractivity (Wildman–Crippen MR) is 125 cm³/mol. The van der Waals surface area contributed by atoms with Crippen molar-refractivity contribution in [3.8, 4) is 17.2 Å². The Kier molecular flexibility index (Phi) is 6.59. The summed E-state index contributed by atoms with van der Waals surface area (Å²) < 4.78 is 15.9. The molecule has 4 rings (SSSR count). The number of nitrogens with zero attached hydrogens (tertiary/aromatic N) is 1. The standard InChI is InChI=1S/C26H24N2O5/c1-28(24(29)15-9-18-8-14-22-23(16-18)33-17-32-22)25(19-6-4-3-5-7-19)26(30)27-20-10-12-21(31-2)13-11-20/h3-16,25H,17H2,1-2H3,(H,27,30). The Morgan fingerprint density at radius 1 is 1.00 bits per heavy atom. The van der Waals surface area contributed by atoms with E-state index in [4.69, 9.17) is 14.2 Å². The van der Waals surface area contributed by atoms with Gasteiger partial charge in [0.05, 0.1) is 7.11 Å². The SMILES string of the molecule is COc1ccc(NC(=O)C(c2ccccc2)N(C)C(=O)C=Cc2ccc3c(c2)OCO3)cc1. The second-order valence-corrected chi connectivity index (χ2v) is 7.43. The molecule has 0 radical (unpaired) electrons. The topological polar surface area (TPSA) is 77.1 Å². The van der Waals surface area contributed by atoms with Gasteiger partial charge in [0.15, 0.2) is 11.5 Å². The van der Waals surface area contributed by atoms with E-state index in [0.717, 1.165) is 5.56 Å². The first-order valence-electron chi connectivity index (χ1n) is 10.4. The molecule has 2 amide bonds. The van der Waals surface area contributed by atoms with Gasteiger partial charge in [0.1, 0.15) is 11.8 Å². The van der Waals surface area contributed by atoms with Gasteiger partial charge in [-0.1, -0.05) is 36.4 Å². The van der Waals surface area contributed by atoms with Crippen LogP contribution >= 0.6 is 0 Å². The third kappa shape index (κ3) is 5.15. The quantitative estimate of drug-likeness (QED) is 0.551. The fourth-order valence-electron chi connectivity index (χ4n) is 3.50. The van der Waals surface area contributed by atoms with Gasteiger partial charge in [0, 0.05) is 18.8 Å². The Labute approximate surface area is 192 Å². The van der Waals surface area contributed by atoms with Gasteiger partial charge in [-0.05, 0) is 53.6 Å². The van der Waals surface area contributed by atoms with Crippen molar-refractivity contribution in [1.29, 1.82) is 0 Å². The molecule has 1 N–H and O–H groups in total. The number of likely N-dealkylation sites (N-methyl/N-ethyl adjacent to an activating group) is 1. The molecule has 3 aromatic carbocycles. The minimum atomic E-state index is -0.817. The molecule has 0 aliphatic carbocycles. The highest BCUT2D eigenvalue weighted by molar-refractivity contribution is 6.00. The molecule has 0 bridgehead atoms. The fourth-order valence-corrected chi connectivity index (χ4v) is 3.50. The molecule has 1 unspecified atom stereocenters. The van der Waals surface area contributed by atoms with Gasteiger partial charge in [-0.25, -0.2) is 0 Å². The number of hydrogen-bond donors (Lipinski definition) is 1. The lowest BCUT2D eigenvalue weighted by Crippen LogP contribution is -2.37. The highest BCUT2D eigenvalue weighted by atomic mass is 16.7. The zero-order valence-corrected chi connectivity index (χ0v) is 18.4. The number of anilines is 1. The van der Waals surface area contributed by atoms with E-state index in [1.54, 1.807) is 56.6 Å². The van der Waals surface area contributed by atoms with Crippen LogP contribution in [0, 0.1) is 0 Å². The molecule has 0 fully saturated rings. The fraction of sp³-hybridized carbons (Fsp3) is 0.154. The predicted octanol–water partition coefficient (Wildman–Crippen LogP) is 4.28. The summed E-state index contributed by atoms with van der Waals surface area (Å²) in [7, 11) is 3.19. The van der Waals surface area contributed by atoms with Crippen molar-refractivity contribution in [2.75, 3.05) is 26.3 Å². The van der Waals surface area contributed by atoms with E-state index >= 15 is 0 Å². The van der Waals surface area contributed by atoms with Crippen molar-refractivity contribution in [3.63, 3.8) is 0 Å². The summed E-state index contributed by atoms with van der Waals surface area (Å²) in [6.45, 7) is 0.187.